The second kappa shape index (κ2) is 6.17. The number of amides is 1. The minimum atomic E-state index is -0.691. The van der Waals surface area contributed by atoms with Gasteiger partial charge in [-0.3, -0.25) is 4.79 Å². The summed E-state index contributed by atoms with van der Waals surface area (Å²) in [5, 5.41) is 12.4. The first-order valence-corrected chi connectivity index (χ1v) is 7.47. The molecule has 2 rings (SSSR count). The van der Waals surface area contributed by atoms with Crippen molar-refractivity contribution in [3.8, 4) is 6.07 Å². The summed E-state index contributed by atoms with van der Waals surface area (Å²) < 4.78 is 0. The Kier molecular flexibility index (Phi) is 4.52. The quantitative estimate of drug-likeness (QED) is 0.929. The molecule has 1 fully saturated rings. The van der Waals surface area contributed by atoms with Crippen LogP contribution in [-0.2, 0) is 0 Å². The number of nitriles is 1. The maximum absolute atomic E-state index is 12.4. The monoisotopic (exact) mass is 285 g/mol. The standard InChI is InChI=1S/C17H23N3O/c1-13-8-10-17(12-18,11-9-13)19-16(21)14-4-6-15(7-5-14)20(2)3/h4-7,13H,8-11H2,1-3H3,(H,19,21). The molecule has 1 aliphatic rings. The topological polar surface area (TPSA) is 56.1 Å². The smallest absolute Gasteiger partial charge is 0.252 e. The molecule has 1 aromatic carbocycles. The summed E-state index contributed by atoms with van der Waals surface area (Å²) in [5.74, 6) is 0.485. The van der Waals surface area contributed by atoms with Gasteiger partial charge >= 0.3 is 0 Å². The van der Waals surface area contributed by atoms with Gasteiger partial charge in [-0.1, -0.05) is 6.92 Å². The summed E-state index contributed by atoms with van der Waals surface area (Å²) in [5.41, 5.74) is 0.964. The first-order chi connectivity index (χ1) is 9.96. The van der Waals surface area contributed by atoms with Crippen LogP contribution in [0.2, 0.25) is 0 Å². The fourth-order valence-electron chi connectivity index (χ4n) is 2.72. The lowest BCUT2D eigenvalue weighted by Crippen LogP contribution is -2.49. The molecule has 0 radical (unpaired) electrons. The largest absolute Gasteiger partial charge is 0.378 e. The van der Waals surface area contributed by atoms with E-state index < -0.39 is 5.54 Å². The molecule has 0 aromatic heterocycles. The van der Waals surface area contributed by atoms with Crippen molar-refractivity contribution >= 4 is 11.6 Å². The predicted octanol–water partition coefficient (Wildman–Crippen LogP) is 2.95. The van der Waals surface area contributed by atoms with E-state index in [9.17, 15) is 10.1 Å². The zero-order chi connectivity index (χ0) is 15.5. The lowest BCUT2D eigenvalue weighted by molar-refractivity contribution is 0.0894. The average Bonchev–Trinajstić information content (AvgIpc) is 2.50. The molecular weight excluding hydrogens is 262 g/mol. The Morgan fingerprint density at radius 1 is 1.29 bits per heavy atom. The van der Waals surface area contributed by atoms with Crippen molar-refractivity contribution in [1.29, 1.82) is 5.26 Å². The molecule has 0 saturated heterocycles. The molecule has 4 heteroatoms. The number of nitrogens with zero attached hydrogens (tertiary/aromatic N) is 2. The highest BCUT2D eigenvalue weighted by molar-refractivity contribution is 5.95. The van der Waals surface area contributed by atoms with Gasteiger partial charge in [-0.15, -0.1) is 0 Å². The zero-order valence-electron chi connectivity index (χ0n) is 13.0. The van der Waals surface area contributed by atoms with Gasteiger partial charge in [0.15, 0.2) is 0 Å². The number of hydrogen-bond donors (Lipinski definition) is 1. The van der Waals surface area contributed by atoms with Gasteiger partial charge in [-0.2, -0.15) is 5.26 Å². The number of nitrogens with one attached hydrogen (secondary N) is 1. The maximum atomic E-state index is 12.4. The van der Waals surface area contributed by atoms with Crippen molar-refractivity contribution in [1.82, 2.24) is 5.32 Å². The zero-order valence-corrected chi connectivity index (χ0v) is 13.0. The molecule has 1 aromatic rings. The average molecular weight is 285 g/mol. The van der Waals surface area contributed by atoms with Crippen molar-refractivity contribution in [2.45, 2.75) is 38.1 Å². The molecule has 0 heterocycles. The second-order valence-corrected chi connectivity index (χ2v) is 6.27. The molecule has 4 nitrogen and oxygen atoms in total. The Bertz CT molecular complexity index is 534. The Morgan fingerprint density at radius 2 is 1.86 bits per heavy atom. The third kappa shape index (κ3) is 3.55. The molecule has 1 saturated carbocycles. The van der Waals surface area contributed by atoms with E-state index in [0.717, 1.165) is 31.4 Å². The fourth-order valence-corrected chi connectivity index (χ4v) is 2.72. The van der Waals surface area contributed by atoms with Gasteiger partial charge in [0.25, 0.3) is 5.91 Å². The third-order valence-corrected chi connectivity index (χ3v) is 4.34. The number of rotatable bonds is 3. The molecule has 112 valence electrons. The van der Waals surface area contributed by atoms with E-state index in [1.807, 2.05) is 31.1 Å². The summed E-state index contributed by atoms with van der Waals surface area (Å²) in [6.07, 6.45) is 3.47. The van der Waals surface area contributed by atoms with Gasteiger partial charge < -0.3 is 10.2 Å². The lowest BCUT2D eigenvalue weighted by atomic mass is 9.78. The van der Waals surface area contributed by atoms with E-state index in [-0.39, 0.29) is 5.91 Å². The molecule has 1 amide bonds. The van der Waals surface area contributed by atoms with Crippen LogP contribution in [0.4, 0.5) is 5.69 Å². The summed E-state index contributed by atoms with van der Waals surface area (Å²) in [6.45, 7) is 2.20. The fraction of sp³-hybridized carbons (Fsp3) is 0.529. The first kappa shape index (κ1) is 15.4. The van der Waals surface area contributed by atoms with Crippen molar-refractivity contribution < 1.29 is 4.79 Å². The first-order valence-electron chi connectivity index (χ1n) is 7.47. The molecule has 0 unspecified atom stereocenters. The van der Waals surface area contributed by atoms with E-state index in [1.165, 1.54) is 0 Å². The highest BCUT2D eigenvalue weighted by Gasteiger charge is 2.35. The van der Waals surface area contributed by atoms with Crippen LogP contribution in [0.1, 0.15) is 43.0 Å². The van der Waals surface area contributed by atoms with E-state index in [1.54, 1.807) is 12.1 Å². The molecule has 0 bridgehead atoms. The minimum absolute atomic E-state index is 0.156. The number of benzene rings is 1. The molecule has 0 spiro atoms. The SMILES string of the molecule is CC1CCC(C#N)(NC(=O)c2ccc(N(C)C)cc2)CC1. The Balaban J connectivity index is 2.08. The summed E-state index contributed by atoms with van der Waals surface area (Å²) in [4.78, 5) is 14.4. The van der Waals surface area contributed by atoms with Crippen LogP contribution < -0.4 is 10.2 Å². The number of carbonyl (C=O) groups excluding carboxylic acids is 1. The van der Waals surface area contributed by atoms with Crippen LogP contribution in [-0.4, -0.2) is 25.5 Å². The van der Waals surface area contributed by atoms with Gasteiger partial charge in [0.2, 0.25) is 0 Å². The van der Waals surface area contributed by atoms with E-state index in [2.05, 4.69) is 18.3 Å². The molecule has 0 aliphatic heterocycles. The van der Waals surface area contributed by atoms with Crippen LogP contribution in [0.3, 0.4) is 0 Å². The van der Waals surface area contributed by atoms with Gasteiger partial charge in [0, 0.05) is 25.3 Å². The van der Waals surface area contributed by atoms with E-state index in [4.69, 9.17) is 0 Å². The van der Waals surface area contributed by atoms with Crippen LogP contribution >= 0.6 is 0 Å². The van der Waals surface area contributed by atoms with E-state index in [0.29, 0.717) is 11.5 Å². The van der Waals surface area contributed by atoms with Crippen molar-refractivity contribution in [3.63, 3.8) is 0 Å². The number of hydrogen-bond acceptors (Lipinski definition) is 3. The van der Waals surface area contributed by atoms with Crippen LogP contribution in [0.15, 0.2) is 24.3 Å². The summed E-state index contributed by atoms with van der Waals surface area (Å²) in [7, 11) is 3.92. The normalized spacial score (nSPS) is 25.0. The van der Waals surface area contributed by atoms with Gasteiger partial charge in [-0.05, 0) is 55.9 Å². The Hall–Kier alpha value is -2.02. The predicted molar refractivity (Wildman–Crippen MR) is 84.2 cm³/mol. The van der Waals surface area contributed by atoms with Crippen LogP contribution in [0, 0.1) is 17.2 Å². The second-order valence-electron chi connectivity index (χ2n) is 6.27. The molecule has 1 N–H and O–H groups in total. The summed E-state index contributed by atoms with van der Waals surface area (Å²) in [6, 6.07) is 9.77. The van der Waals surface area contributed by atoms with Crippen molar-refractivity contribution in [3.05, 3.63) is 29.8 Å². The lowest BCUT2D eigenvalue weighted by Gasteiger charge is -2.34. The van der Waals surface area contributed by atoms with Crippen molar-refractivity contribution in [2.24, 2.45) is 5.92 Å². The maximum Gasteiger partial charge on any atom is 0.252 e. The minimum Gasteiger partial charge on any atom is -0.378 e. The van der Waals surface area contributed by atoms with Gasteiger partial charge in [0.05, 0.1) is 6.07 Å². The molecule has 21 heavy (non-hydrogen) atoms. The molecule has 1 aliphatic carbocycles. The summed E-state index contributed by atoms with van der Waals surface area (Å²) >= 11 is 0. The highest BCUT2D eigenvalue weighted by atomic mass is 16.1. The van der Waals surface area contributed by atoms with E-state index >= 15 is 0 Å². The van der Waals surface area contributed by atoms with Crippen molar-refractivity contribution in [2.75, 3.05) is 19.0 Å². The Morgan fingerprint density at radius 3 is 2.33 bits per heavy atom. The molecular formula is C17H23N3O. The van der Waals surface area contributed by atoms with Crippen LogP contribution in [0.5, 0.6) is 0 Å². The third-order valence-electron chi connectivity index (χ3n) is 4.34. The van der Waals surface area contributed by atoms with Crippen LogP contribution in [0.25, 0.3) is 0 Å². The number of anilines is 1. The Labute approximate surface area is 126 Å². The van der Waals surface area contributed by atoms with Gasteiger partial charge in [0.1, 0.15) is 5.54 Å². The van der Waals surface area contributed by atoms with Gasteiger partial charge in [-0.25, -0.2) is 0 Å². The number of carbonyl (C=O) groups is 1. The molecule has 0 atom stereocenters. The highest BCUT2D eigenvalue weighted by Crippen LogP contribution is 2.31.